The van der Waals surface area contributed by atoms with Gasteiger partial charge in [-0.15, -0.1) is 0 Å². The van der Waals surface area contributed by atoms with Gasteiger partial charge in [-0.2, -0.15) is 0 Å². The standard InChI is InChI=1S/C7H12O3S/c1-6(8)7(2)3-4-11(9,10)5-7/h3-5H2,1-2H3. The molecule has 1 heterocycles. The summed E-state index contributed by atoms with van der Waals surface area (Å²) in [5.41, 5.74) is -0.598. The van der Waals surface area contributed by atoms with Crippen LogP contribution in [0, 0.1) is 5.41 Å². The van der Waals surface area contributed by atoms with E-state index in [-0.39, 0.29) is 17.3 Å². The number of rotatable bonds is 1. The summed E-state index contributed by atoms with van der Waals surface area (Å²) in [5, 5.41) is 0. The van der Waals surface area contributed by atoms with Crippen molar-refractivity contribution < 1.29 is 13.2 Å². The second-order valence-corrected chi connectivity index (χ2v) is 5.64. The summed E-state index contributed by atoms with van der Waals surface area (Å²) in [6.45, 7) is 3.18. The summed E-state index contributed by atoms with van der Waals surface area (Å²) >= 11 is 0. The Labute approximate surface area is 66.7 Å². The number of hydrogen-bond acceptors (Lipinski definition) is 3. The summed E-state index contributed by atoms with van der Waals surface area (Å²) in [4.78, 5) is 11.0. The molecular formula is C7H12O3S. The molecule has 4 heteroatoms. The molecule has 11 heavy (non-hydrogen) atoms. The fourth-order valence-corrected chi connectivity index (χ4v) is 3.51. The highest BCUT2D eigenvalue weighted by Crippen LogP contribution is 2.32. The van der Waals surface area contributed by atoms with E-state index < -0.39 is 15.3 Å². The van der Waals surface area contributed by atoms with Crippen LogP contribution in [0.25, 0.3) is 0 Å². The van der Waals surface area contributed by atoms with Crippen molar-refractivity contribution >= 4 is 15.6 Å². The largest absolute Gasteiger partial charge is 0.299 e. The zero-order chi connectivity index (χ0) is 8.70. The van der Waals surface area contributed by atoms with Crippen LogP contribution in [0.1, 0.15) is 20.3 Å². The van der Waals surface area contributed by atoms with Crippen molar-refractivity contribution in [3.63, 3.8) is 0 Å². The smallest absolute Gasteiger partial charge is 0.151 e. The molecular weight excluding hydrogens is 164 g/mol. The first-order valence-electron chi connectivity index (χ1n) is 3.57. The maximum Gasteiger partial charge on any atom is 0.151 e. The highest BCUT2D eigenvalue weighted by molar-refractivity contribution is 7.91. The number of carbonyl (C=O) groups excluding carboxylic acids is 1. The minimum Gasteiger partial charge on any atom is -0.299 e. The molecule has 0 amide bonds. The molecule has 0 aromatic carbocycles. The molecule has 1 rings (SSSR count). The van der Waals surface area contributed by atoms with Gasteiger partial charge >= 0.3 is 0 Å². The van der Waals surface area contributed by atoms with Crippen LogP contribution in [0.4, 0.5) is 0 Å². The van der Waals surface area contributed by atoms with E-state index in [4.69, 9.17) is 0 Å². The molecule has 1 saturated heterocycles. The Bertz CT molecular complexity index is 278. The molecule has 0 bridgehead atoms. The first-order valence-corrected chi connectivity index (χ1v) is 5.39. The summed E-state index contributed by atoms with van der Waals surface area (Å²) in [5.74, 6) is 0.192. The molecule has 0 spiro atoms. The second-order valence-electron chi connectivity index (χ2n) is 3.46. The van der Waals surface area contributed by atoms with E-state index in [0.29, 0.717) is 6.42 Å². The van der Waals surface area contributed by atoms with Gasteiger partial charge < -0.3 is 0 Å². The van der Waals surface area contributed by atoms with Gasteiger partial charge in [-0.05, 0) is 13.3 Å². The summed E-state index contributed by atoms with van der Waals surface area (Å²) in [7, 11) is -2.92. The van der Waals surface area contributed by atoms with Crippen LogP contribution in [0.15, 0.2) is 0 Å². The summed E-state index contributed by atoms with van der Waals surface area (Å²) in [6.07, 6.45) is 0.491. The Morgan fingerprint density at radius 1 is 1.45 bits per heavy atom. The van der Waals surface area contributed by atoms with Crippen molar-refractivity contribution in [3.05, 3.63) is 0 Å². The van der Waals surface area contributed by atoms with Crippen LogP contribution in [0.5, 0.6) is 0 Å². The van der Waals surface area contributed by atoms with E-state index in [1.54, 1.807) is 6.92 Å². The van der Waals surface area contributed by atoms with E-state index in [9.17, 15) is 13.2 Å². The number of hydrogen-bond donors (Lipinski definition) is 0. The van der Waals surface area contributed by atoms with Crippen molar-refractivity contribution in [1.82, 2.24) is 0 Å². The molecule has 0 saturated carbocycles. The highest BCUT2D eigenvalue weighted by Gasteiger charge is 2.41. The van der Waals surface area contributed by atoms with Crippen molar-refractivity contribution in [2.24, 2.45) is 5.41 Å². The third-order valence-electron chi connectivity index (χ3n) is 2.35. The Morgan fingerprint density at radius 3 is 2.18 bits per heavy atom. The van der Waals surface area contributed by atoms with Gasteiger partial charge in [-0.25, -0.2) is 8.42 Å². The van der Waals surface area contributed by atoms with Crippen LogP contribution in [-0.4, -0.2) is 25.7 Å². The van der Waals surface area contributed by atoms with Crippen LogP contribution in [-0.2, 0) is 14.6 Å². The molecule has 0 aliphatic carbocycles. The molecule has 1 aliphatic heterocycles. The molecule has 1 atom stereocenters. The zero-order valence-corrected chi connectivity index (χ0v) is 7.57. The average Bonchev–Trinajstić information content (AvgIpc) is 2.08. The lowest BCUT2D eigenvalue weighted by Crippen LogP contribution is -2.26. The molecule has 64 valence electrons. The zero-order valence-electron chi connectivity index (χ0n) is 6.75. The minimum atomic E-state index is -2.92. The van der Waals surface area contributed by atoms with Gasteiger partial charge in [0.05, 0.1) is 11.5 Å². The lowest BCUT2D eigenvalue weighted by molar-refractivity contribution is -0.124. The third-order valence-corrected chi connectivity index (χ3v) is 4.26. The lowest BCUT2D eigenvalue weighted by Gasteiger charge is -2.16. The van der Waals surface area contributed by atoms with Gasteiger partial charge in [0.1, 0.15) is 5.78 Å². The van der Waals surface area contributed by atoms with E-state index in [2.05, 4.69) is 0 Å². The molecule has 0 radical (unpaired) electrons. The average molecular weight is 176 g/mol. The third kappa shape index (κ3) is 1.61. The minimum absolute atomic E-state index is 0.0152. The Balaban J connectivity index is 2.90. The normalized spacial score (nSPS) is 35.5. The molecule has 1 aliphatic rings. The highest BCUT2D eigenvalue weighted by atomic mass is 32.2. The number of ketones is 1. The van der Waals surface area contributed by atoms with Gasteiger partial charge in [-0.1, -0.05) is 6.92 Å². The predicted molar refractivity (Wildman–Crippen MR) is 42.1 cm³/mol. The monoisotopic (exact) mass is 176 g/mol. The molecule has 3 nitrogen and oxygen atoms in total. The van der Waals surface area contributed by atoms with Gasteiger partial charge in [0.25, 0.3) is 0 Å². The summed E-state index contributed by atoms with van der Waals surface area (Å²) in [6, 6.07) is 0. The van der Waals surface area contributed by atoms with Crippen LogP contribution in [0.3, 0.4) is 0 Å². The Hall–Kier alpha value is -0.380. The van der Waals surface area contributed by atoms with Gasteiger partial charge in [-0.3, -0.25) is 4.79 Å². The van der Waals surface area contributed by atoms with Crippen molar-refractivity contribution in [1.29, 1.82) is 0 Å². The van der Waals surface area contributed by atoms with E-state index in [1.165, 1.54) is 6.92 Å². The fourth-order valence-electron chi connectivity index (χ4n) is 1.29. The molecule has 0 aromatic rings. The SMILES string of the molecule is CC(=O)C1(C)CCS(=O)(=O)C1. The van der Waals surface area contributed by atoms with Gasteiger partial charge in [0.15, 0.2) is 9.84 Å². The maximum atomic E-state index is 11.0. The second kappa shape index (κ2) is 2.30. The van der Waals surface area contributed by atoms with E-state index in [0.717, 1.165) is 0 Å². The topological polar surface area (TPSA) is 51.2 Å². The van der Waals surface area contributed by atoms with Crippen LogP contribution in [0.2, 0.25) is 0 Å². The van der Waals surface area contributed by atoms with Crippen molar-refractivity contribution in [2.75, 3.05) is 11.5 Å². The first-order chi connectivity index (χ1) is 4.86. The quantitative estimate of drug-likeness (QED) is 0.581. The molecule has 1 unspecified atom stereocenters. The van der Waals surface area contributed by atoms with Gasteiger partial charge in [0.2, 0.25) is 0 Å². The molecule has 0 aromatic heterocycles. The summed E-state index contributed by atoms with van der Waals surface area (Å²) < 4.78 is 22.0. The van der Waals surface area contributed by atoms with Crippen molar-refractivity contribution in [2.45, 2.75) is 20.3 Å². The Morgan fingerprint density at radius 2 is 2.00 bits per heavy atom. The Kier molecular flexibility index (Phi) is 1.82. The van der Waals surface area contributed by atoms with E-state index >= 15 is 0 Å². The van der Waals surface area contributed by atoms with Crippen LogP contribution >= 0.6 is 0 Å². The lowest BCUT2D eigenvalue weighted by atomic mass is 9.86. The van der Waals surface area contributed by atoms with E-state index in [1.807, 2.05) is 0 Å². The molecule has 1 fully saturated rings. The number of Topliss-reactive ketones (excluding diaryl/α,β-unsaturated/α-hetero) is 1. The number of carbonyl (C=O) groups is 1. The first kappa shape index (κ1) is 8.71. The fraction of sp³-hybridized carbons (Fsp3) is 0.857. The van der Waals surface area contributed by atoms with Gasteiger partial charge in [0, 0.05) is 5.41 Å². The van der Waals surface area contributed by atoms with Crippen molar-refractivity contribution in [3.8, 4) is 0 Å². The number of sulfone groups is 1. The maximum absolute atomic E-state index is 11.0. The van der Waals surface area contributed by atoms with Crippen LogP contribution < -0.4 is 0 Å². The predicted octanol–water partition coefficient (Wildman–Crippen LogP) is 0.400. The molecule has 0 N–H and O–H groups in total.